The molecule has 6 heteroatoms. The van der Waals surface area contributed by atoms with Gasteiger partial charge in [-0.2, -0.15) is 0 Å². The summed E-state index contributed by atoms with van der Waals surface area (Å²) in [5, 5.41) is 2.93. The van der Waals surface area contributed by atoms with E-state index in [4.69, 9.17) is 4.74 Å². The molecular weight excluding hydrogens is 426 g/mol. The van der Waals surface area contributed by atoms with Crippen LogP contribution in [-0.2, 0) is 4.79 Å². The number of nitrogens with one attached hydrogen (secondary N) is 1. The molecule has 0 aromatic heterocycles. The number of benzene rings is 3. The van der Waals surface area contributed by atoms with Crippen LogP contribution in [0.5, 0.6) is 5.75 Å². The number of amides is 2. The lowest BCUT2D eigenvalue weighted by Crippen LogP contribution is -2.48. The number of ether oxygens (including phenoxy) is 1. The zero-order chi connectivity index (χ0) is 23.8. The van der Waals surface area contributed by atoms with E-state index in [0.717, 1.165) is 30.0 Å². The summed E-state index contributed by atoms with van der Waals surface area (Å²) >= 11 is 0. The fourth-order valence-corrected chi connectivity index (χ4v) is 3.87. The SMILES string of the molecule is CCOc1cccc(C(=O)Nc2ccc(N3CCN(C(=O)/C=C/c4ccccc4)CC3)cc2)c1. The summed E-state index contributed by atoms with van der Waals surface area (Å²) in [7, 11) is 0. The molecule has 1 saturated heterocycles. The second-order valence-corrected chi connectivity index (χ2v) is 8.02. The standard InChI is InChI=1S/C28H29N3O3/c1-2-34-26-10-6-9-23(21-26)28(33)29-24-12-14-25(15-13-24)30-17-19-31(20-18-30)27(32)16-11-22-7-4-3-5-8-22/h3-16,21H,2,17-20H2,1H3,(H,29,33)/b16-11+. The topological polar surface area (TPSA) is 61.9 Å². The molecule has 0 saturated carbocycles. The first-order chi connectivity index (χ1) is 16.6. The summed E-state index contributed by atoms with van der Waals surface area (Å²) < 4.78 is 5.47. The molecular formula is C28H29N3O3. The second kappa shape index (κ2) is 11.2. The number of nitrogens with zero attached hydrogens (tertiary/aromatic N) is 2. The van der Waals surface area contributed by atoms with Crippen molar-refractivity contribution in [2.45, 2.75) is 6.92 Å². The van der Waals surface area contributed by atoms with E-state index in [2.05, 4.69) is 10.2 Å². The van der Waals surface area contributed by atoms with Crippen molar-refractivity contribution in [1.82, 2.24) is 4.90 Å². The highest BCUT2D eigenvalue weighted by molar-refractivity contribution is 6.04. The zero-order valence-corrected chi connectivity index (χ0v) is 19.3. The van der Waals surface area contributed by atoms with Crippen LogP contribution in [0.2, 0.25) is 0 Å². The highest BCUT2D eigenvalue weighted by Crippen LogP contribution is 2.21. The van der Waals surface area contributed by atoms with Crippen LogP contribution in [0.15, 0.2) is 84.9 Å². The molecule has 4 rings (SSSR count). The summed E-state index contributed by atoms with van der Waals surface area (Å²) in [5.74, 6) is 0.540. The molecule has 2 amide bonds. The van der Waals surface area contributed by atoms with Gasteiger partial charge in [-0.05, 0) is 61.0 Å². The number of hydrogen-bond donors (Lipinski definition) is 1. The molecule has 0 spiro atoms. The van der Waals surface area contributed by atoms with Crippen molar-refractivity contribution in [3.05, 3.63) is 96.1 Å². The van der Waals surface area contributed by atoms with Crippen molar-refractivity contribution in [2.24, 2.45) is 0 Å². The van der Waals surface area contributed by atoms with E-state index < -0.39 is 0 Å². The summed E-state index contributed by atoms with van der Waals surface area (Å²) in [6, 6.07) is 24.8. The highest BCUT2D eigenvalue weighted by Gasteiger charge is 2.20. The Labute approximate surface area is 200 Å². The molecule has 1 heterocycles. The van der Waals surface area contributed by atoms with Gasteiger partial charge in [0.15, 0.2) is 0 Å². The zero-order valence-electron chi connectivity index (χ0n) is 19.3. The van der Waals surface area contributed by atoms with Crippen LogP contribution in [0.1, 0.15) is 22.8 Å². The van der Waals surface area contributed by atoms with Gasteiger partial charge in [0.25, 0.3) is 5.91 Å². The van der Waals surface area contributed by atoms with Crippen LogP contribution in [0, 0.1) is 0 Å². The van der Waals surface area contributed by atoms with Crippen molar-refractivity contribution in [3.63, 3.8) is 0 Å². The van der Waals surface area contributed by atoms with Gasteiger partial charge in [0, 0.05) is 49.2 Å². The molecule has 3 aromatic rings. The van der Waals surface area contributed by atoms with Gasteiger partial charge in [0.2, 0.25) is 5.91 Å². The van der Waals surface area contributed by atoms with Crippen molar-refractivity contribution in [2.75, 3.05) is 43.0 Å². The number of carbonyl (C=O) groups excluding carboxylic acids is 2. The fraction of sp³-hybridized carbons (Fsp3) is 0.214. The first-order valence-electron chi connectivity index (χ1n) is 11.5. The number of rotatable bonds is 7. The minimum atomic E-state index is -0.176. The minimum absolute atomic E-state index is 0.0370. The maximum absolute atomic E-state index is 12.6. The summed E-state index contributed by atoms with van der Waals surface area (Å²) in [5.41, 5.74) is 3.37. The Kier molecular flexibility index (Phi) is 7.60. The Balaban J connectivity index is 1.29. The molecule has 1 fully saturated rings. The maximum atomic E-state index is 12.6. The minimum Gasteiger partial charge on any atom is -0.494 e. The van der Waals surface area contributed by atoms with Crippen LogP contribution < -0.4 is 15.0 Å². The first-order valence-corrected chi connectivity index (χ1v) is 11.5. The van der Waals surface area contributed by atoms with Crippen LogP contribution in [0.4, 0.5) is 11.4 Å². The third kappa shape index (κ3) is 6.04. The molecule has 34 heavy (non-hydrogen) atoms. The van der Waals surface area contributed by atoms with Crippen molar-refractivity contribution in [3.8, 4) is 5.75 Å². The Morgan fingerprint density at radius 3 is 2.35 bits per heavy atom. The van der Waals surface area contributed by atoms with Crippen molar-refractivity contribution in [1.29, 1.82) is 0 Å². The molecule has 1 aliphatic rings. The smallest absolute Gasteiger partial charge is 0.255 e. The lowest BCUT2D eigenvalue weighted by molar-refractivity contribution is -0.126. The van der Waals surface area contributed by atoms with Crippen LogP contribution >= 0.6 is 0 Å². The average molecular weight is 456 g/mol. The van der Waals surface area contributed by atoms with E-state index in [9.17, 15) is 9.59 Å². The molecule has 3 aromatic carbocycles. The summed E-state index contributed by atoms with van der Waals surface area (Å²) in [6.07, 6.45) is 3.50. The lowest BCUT2D eigenvalue weighted by Gasteiger charge is -2.35. The monoisotopic (exact) mass is 455 g/mol. The second-order valence-electron chi connectivity index (χ2n) is 8.02. The Bertz CT molecular complexity index is 1140. The third-order valence-corrected chi connectivity index (χ3v) is 5.71. The predicted molar refractivity (Wildman–Crippen MR) is 136 cm³/mol. The normalized spacial score (nSPS) is 13.7. The molecule has 1 N–H and O–H groups in total. The van der Waals surface area contributed by atoms with Gasteiger partial charge in [-0.1, -0.05) is 36.4 Å². The largest absolute Gasteiger partial charge is 0.494 e. The number of hydrogen-bond acceptors (Lipinski definition) is 4. The van der Waals surface area contributed by atoms with Gasteiger partial charge < -0.3 is 19.9 Å². The van der Waals surface area contributed by atoms with Gasteiger partial charge in [0.1, 0.15) is 5.75 Å². The Morgan fingerprint density at radius 2 is 1.65 bits per heavy atom. The molecule has 174 valence electrons. The lowest BCUT2D eigenvalue weighted by atomic mass is 10.2. The quantitative estimate of drug-likeness (QED) is 0.525. The van der Waals surface area contributed by atoms with E-state index in [0.29, 0.717) is 31.0 Å². The Hall–Kier alpha value is -4.06. The number of piperazine rings is 1. The van der Waals surface area contributed by atoms with E-state index in [-0.39, 0.29) is 11.8 Å². The predicted octanol–water partition coefficient (Wildman–Crippen LogP) is 4.70. The third-order valence-electron chi connectivity index (χ3n) is 5.71. The number of anilines is 2. The molecule has 0 unspecified atom stereocenters. The Morgan fingerprint density at radius 1 is 0.912 bits per heavy atom. The number of carbonyl (C=O) groups is 2. The average Bonchev–Trinajstić information content (AvgIpc) is 2.89. The van der Waals surface area contributed by atoms with Gasteiger partial charge in [-0.15, -0.1) is 0 Å². The van der Waals surface area contributed by atoms with E-state index >= 15 is 0 Å². The van der Waals surface area contributed by atoms with Crippen molar-refractivity contribution >= 4 is 29.3 Å². The van der Waals surface area contributed by atoms with E-state index in [1.165, 1.54) is 0 Å². The molecule has 0 bridgehead atoms. The van der Waals surface area contributed by atoms with E-state index in [1.54, 1.807) is 18.2 Å². The van der Waals surface area contributed by atoms with E-state index in [1.807, 2.05) is 84.6 Å². The van der Waals surface area contributed by atoms with Gasteiger partial charge >= 0.3 is 0 Å². The summed E-state index contributed by atoms with van der Waals surface area (Å²) in [6.45, 7) is 5.34. The molecule has 6 nitrogen and oxygen atoms in total. The first kappa shape index (κ1) is 23.1. The van der Waals surface area contributed by atoms with Gasteiger partial charge in [-0.25, -0.2) is 0 Å². The van der Waals surface area contributed by atoms with Crippen LogP contribution in [0.25, 0.3) is 6.08 Å². The fourth-order valence-electron chi connectivity index (χ4n) is 3.87. The molecule has 1 aliphatic heterocycles. The van der Waals surface area contributed by atoms with Crippen molar-refractivity contribution < 1.29 is 14.3 Å². The van der Waals surface area contributed by atoms with Crippen LogP contribution in [-0.4, -0.2) is 49.5 Å². The summed E-state index contributed by atoms with van der Waals surface area (Å²) in [4.78, 5) is 29.2. The molecule has 0 radical (unpaired) electrons. The molecule has 0 aliphatic carbocycles. The highest BCUT2D eigenvalue weighted by atomic mass is 16.5. The molecule has 0 atom stereocenters. The van der Waals surface area contributed by atoms with Gasteiger partial charge in [0.05, 0.1) is 6.61 Å². The maximum Gasteiger partial charge on any atom is 0.255 e. The van der Waals surface area contributed by atoms with Gasteiger partial charge in [-0.3, -0.25) is 9.59 Å². The van der Waals surface area contributed by atoms with Crippen LogP contribution in [0.3, 0.4) is 0 Å².